The largest absolute Gasteiger partial charge is 0.478 e. The number of benzene rings is 1. The van der Waals surface area contributed by atoms with Crippen molar-refractivity contribution in [3.05, 3.63) is 35.9 Å². The van der Waals surface area contributed by atoms with Crippen molar-refractivity contribution in [3.8, 4) is 0 Å². The Bertz CT molecular complexity index is 665. The van der Waals surface area contributed by atoms with Gasteiger partial charge in [-0.1, -0.05) is 12.1 Å². The normalized spacial score (nSPS) is 12.9. The zero-order chi connectivity index (χ0) is 16.0. The Kier molecular flexibility index (Phi) is 5.48. The molecular weight excluding hydrogens is 298 g/mol. The second kappa shape index (κ2) is 6.89. The summed E-state index contributed by atoms with van der Waals surface area (Å²) in [6.07, 6.45) is 2.26. The van der Waals surface area contributed by atoms with Crippen molar-refractivity contribution < 1.29 is 27.9 Å². The molecule has 1 aromatic carbocycles. The molecule has 0 spiro atoms. The standard InChI is InChI=1S/C13H15NO6S/c1-9(13(17)20-2)21(18,19)14-11-5-3-4-10(8-11)6-7-12(15)16/h3-9,14H,1-2H3,(H,15,16). The first kappa shape index (κ1) is 16.7. The van der Waals surface area contributed by atoms with Gasteiger partial charge < -0.3 is 9.84 Å². The molecular formula is C13H15NO6S. The number of anilines is 1. The highest BCUT2D eigenvalue weighted by Crippen LogP contribution is 2.15. The average molecular weight is 313 g/mol. The molecule has 0 aliphatic carbocycles. The number of ether oxygens (including phenoxy) is 1. The Labute approximate surface area is 122 Å². The van der Waals surface area contributed by atoms with E-state index in [1.54, 1.807) is 12.1 Å². The summed E-state index contributed by atoms with van der Waals surface area (Å²) in [6.45, 7) is 1.21. The number of methoxy groups -OCH3 is 1. The highest BCUT2D eigenvalue weighted by Gasteiger charge is 2.28. The predicted molar refractivity (Wildman–Crippen MR) is 77.1 cm³/mol. The van der Waals surface area contributed by atoms with Crippen molar-refractivity contribution >= 4 is 33.7 Å². The maximum atomic E-state index is 12.0. The van der Waals surface area contributed by atoms with Crippen LogP contribution in [0.1, 0.15) is 12.5 Å². The number of carbonyl (C=O) groups excluding carboxylic acids is 1. The minimum atomic E-state index is -3.94. The molecule has 0 aliphatic heterocycles. The number of aliphatic carboxylic acids is 1. The number of hydrogen-bond donors (Lipinski definition) is 2. The predicted octanol–water partition coefficient (Wildman–Crippen LogP) is 1.09. The number of carbonyl (C=O) groups is 2. The zero-order valence-corrected chi connectivity index (χ0v) is 12.3. The van der Waals surface area contributed by atoms with Gasteiger partial charge in [-0.05, 0) is 30.7 Å². The highest BCUT2D eigenvalue weighted by atomic mass is 32.2. The van der Waals surface area contributed by atoms with Gasteiger partial charge in [-0.15, -0.1) is 0 Å². The van der Waals surface area contributed by atoms with Crippen LogP contribution in [-0.4, -0.2) is 37.8 Å². The van der Waals surface area contributed by atoms with Gasteiger partial charge in [-0.2, -0.15) is 0 Å². The summed E-state index contributed by atoms with van der Waals surface area (Å²) in [5, 5.41) is 7.18. The van der Waals surface area contributed by atoms with E-state index in [2.05, 4.69) is 9.46 Å². The first-order valence-electron chi connectivity index (χ1n) is 5.87. The van der Waals surface area contributed by atoms with Crippen molar-refractivity contribution in [2.45, 2.75) is 12.2 Å². The van der Waals surface area contributed by atoms with Crippen LogP contribution in [0.15, 0.2) is 30.3 Å². The summed E-state index contributed by atoms with van der Waals surface area (Å²) in [5.41, 5.74) is 0.724. The molecule has 1 rings (SSSR count). The van der Waals surface area contributed by atoms with Crippen LogP contribution in [0.3, 0.4) is 0 Å². The molecule has 114 valence electrons. The summed E-state index contributed by atoms with van der Waals surface area (Å²) in [6, 6.07) is 6.10. The maximum Gasteiger partial charge on any atom is 0.328 e. The van der Waals surface area contributed by atoms with E-state index >= 15 is 0 Å². The molecule has 0 radical (unpaired) electrons. The Balaban J connectivity index is 2.95. The topological polar surface area (TPSA) is 110 Å². The summed E-state index contributed by atoms with van der Waals surface area (Å²) in [7, 11) is -2.83. The molecule has 21 heavy (non-hydrogen) atoms. The van der Waals surface area contributed by atoms with Crippen LogP contribution < -0.4 is 4.72 Å². The Morgan fingerprint density at radius 1 is 1.38 bits per heavy atom. The SMILES string of the molecule is COC(=O)C(C)S(=O)(=O)Nc1cccc(C=CC(=O)O)c1. The summed E-state index contributed by atoms with van der Waals surface area (Å²) in [4.78, 5) is 21.7. The fraction of sp³-hybridized carbons (Fsp3) is 0.231. The minimum absolute atomic E-state index is 0.221. The number of carboxylic acid groups (broad SMARTS) is 1. The van der Waals surface area contributed by atoms with E-state index in [0.29, 0.717) is 5.56 Å². The molecule has 1 aromatic rings. The fourth-order valence-electron chi connectivity index (χ4n) is 1.42. The van der Waals surface area contributed by atoms with Gasteiger partial charge in [-0.3, -0.25) is 9.52 Å². The lowest BCUT2D eigenvalue weighted by Gasteiger charge is -2.13. The average Bonchev–Trinajstić information content (AvgIpc) is 2.43. The van der Waals surface area contributed by atoms with E-state index in [0.717, 1.165) is 13.2 Å². The molecule has 0 aliphatic rings. The highest BCUT2D eigenvalue weighted by molar-refractivity contribution is 7.94. The molecule has 0 saturated heterocycles. The van der Waals surface area contributed by atoms with Crippen molar-refractivity contribution in [2.75, 3.05) is 11.8 Å². The number of carboxylic acids is 1. The minimum Gasteiger partial charge on any atom is -0.478 e. The van der Waals surface area contributed by atoms with Gasteiger partial charge in [0.15, 0.2) is 5.25 Å². The second-order valence-corrected chi connectivity index (χ2v) is 6.11. The number of sulfonamides is 1. The van der Waals surface area contributed by atoms with Crippen LogP contribution in [0, 0.1) is 0 Å². The molecule has 8 heteroatoms. The Hall–Kier alpha value is -2.35. The van der Waals surface area contributed by atoms with Gasteiger partial charge >= 0.3 is 11.9 Å². The molecule has 0 amide bonds. The molecule has 0 heterocycles. The van der Waals surface area contributed by atoms with Crippen LogP contribution in [0.2, 0.25) is 0 Å². The van der Waals surface area contributed by atoms with E-state index < -0.39 is 27.2 Å². The van der Waals surface area contributed by atoms with Crippen molar-refractivity contribution in [2.24, 2.45) is 0 Å². The summed E-state index contributed by atoms with van der Waals surface area (Å²) < 4.78 is 30.5. The van der Waals surface area contributed by atoms with Crippen molar-refractivity contribution in [1.29, 1.82) is 0 Å². The number of esters is 1. The molecule has 0 aromatic heterocycles. The zero-order valence-electron chi connectivity index (χ0n) is 11.4. The Morgan fingerprint density at radius 3 is 2.62 bits per heavy atom. The summed E-state index contributed by atoms with van der Waals surface area (Å²) >= 11 is 0. The first-order chi connectivity index (χ1) is 9.76. The van der Waals surface area contributed by atoms with Crippen molar-refractivity contribution in [1.82, 2.24) is 0 Å². The number of rotatable bonds is 6. The lowest BCUT2D eigenvalue weighted by atomic mass is 10.2. The molecule has 1 atom stereocenters. The van der Waals surface area contributed by atoms with Gasteiger partial charge in [-0.25, -0.2) is 13.2 Å². The van der Waals surface area contributed by atoms with Crippen LogP contribution in [0.25, 0.3) is 6.08 Å². The van der Waals surface area contributed by atoms with E-state index in [9.17, 15) is 18.0 Å². The van der Waals surface area contributed by atoms with Crippen LogP contribution >= 0.6 is 0 Å². The van der Waals surface area contributed by atoms with Crippen molar-refractivity contribution in [3.63, 3.8) is 0 Å². The molecule has 1 unspecified atom stereocenters. The quantitative estimate of drug-likeness (QED) is 0.601. The maximum absolute atomic E-state index is 12.0. The van der Waals surface area contributed by atoms with Crippen LogP contribution in [0.5, 0.6) is 0 Å². The van der Waals surface area contributed by atoms with Gasteiger partial charge in [0, 0.05) is 11.8 Å². The lowest BCUT2D eigenvalue weighted by molar-refractivity contribution is -0.139. The third-order valence-corrected chi connectivity index (χ3v) is 4.21. The number of hydrogen-bond acceptors (Lipinski definition) is 5. The third kappa shape index (κ3) is 4.92. The van der Waals surface area contributed by atoms with Gasteiger partial charge in [0.2, 0.25) is 10.0 Å². The van der Waals surface area contributed by atoms with Crippen LogP contribution in [0.4, 0.5) is 5.69 Å². The summed E-state index contributed by atoms with van der Waals surface area (Å²) in [5.74, 6) is -1.98. The molecule has 7 nitrogen and oxygen atoms in total. The number of nitrogens with one attached hydrogen (secondary N) is 1. The molecule has 0 fully saturated rings. The fourth-order valence-corrected chi connectivity index (χ4v) is 2.40. The lowest BCUT2D eigenvalue weighted by Crippen LogP contribution is -2.33. The van der Waals surface area contributed by atoms with E-state index in [-0.39, 0.29) is 5.69 Å². The Morgan fingerprint density at radius 2 is 2.05 bits per heavy atom. The van der Waals surface area contributed by atoms with E-state index in [1.165, 1.54) is 25.1 Å². The molecule has 2 N–H and O–H groups in total. The van der Waals surface area contributed by atoms with Gasteiger partial charge in [0.1, 0.15) is 0 Å². The van der Waals surface area contributed by atoms with Gasteiger partial charge in [0.25, 0.3) is 0 Å². The second-order valence-electron chi connectivity index (χ2n) is 4.11. The monoisotopic (exact) mass is 313 g/mol. The van der Waals surface area contributed by atoms with E-state index in [1.807, 2.05) is 0 Å². The first-order valence-corrected chi connectivity index (χ1v) is 7.41. The molecule has 0 bridgehead atoms. The van der Waals surface area contributed by atoms with Crippen LogP contribution in [-0.2, 0) is 24.3 Å². The van der Waals surface area contributed by atoms with E-state index in [4.69, 9.17) is 5.11 Å². The third-order valence-electron chi connectivity index (χ3n) is 2.56. The molecule has 0 saturated carbocycles. The smallest absolute Gasteiger partial charge is 0.328 e. The van der Waals surface area contributed by atoms with Gasteiger partial charge in [0.05, 0.1) is 7.11 Å².